The first-order valence-electron chi connectivity index (χ1n) is 5.81. The summed E-state index contributed by atoms with van der Waals surface area (Å²) in [5.41, 5.74) is 2.34. The van der Waals surface area contributed by atoms with Crippen LogP contribution in [0.1, 0.15) is 17.0 Å². The second kappa shape index (κ2) is 5.79. The maximum Gasteiger partial charge on any atom is 0.130 e. The standard InChI is InChI=1S/C13H14BrF2N3/c1-8-13(14)12(19(2)18-8)7-17-6-9-3-4-10(15)5-11(9)16/h3-5,17H,6-7H2,1-2H3. The molecule has 2 rings (SSSR count). The average molecular weight is 330 g/mol. The number of halogens is 3. The highest BCUT2D eigenvalue weighted by atomic mass is 79.9. The van der Waals surface area contributed by atoms with Crippen molar-refractivity contribution in [1.29, 1.82) is 0 Å². The molecule has 0 unspecified atom stereocenters. The van der Waals surface area contributed by atoms with Gasteiger partial charge in [0, 0.05) is 31.8 Å². The summed E-state index contributed by atoms with van der Waals surface area (Å²) in [5.74, 6) is -1.10. The molecule has 0 amide bonds. The molecule has 19 heavy (non-hydrogen) atoms. The van der Waals surface area contributed by atoms with Crippen LogP contribution < -0.4 is 5.32 Å². The van der Waals surface area contributed by atoms with Gasteiger partial charge in [-0.05, 0) is 28.9 Å². The van der Waals surface area contributed by atoms with E-state index in [4.69, 9.17) is 0 Å². The van der Waals surface area contributed by atoms with Crippen LogP contribution in [0, 0.1) is 18.6 Å². The predicted octanol–water partition coefficient (Wildman–Crippen LogP) is 3.06. The van der Waals surface area contributed by atoms with Crippen molar-refractivity contribution in [1.82, 2.24) is 15.1 Å². The number of nitrogens with one attached hydrogen (secondary N) is 1. The lowest BCUT2D eigenvalue weighted by molar-refractivity contribution is 0.555. The fraction of sp³-hybridized carbons (Fsp3) is 0.308. The van der Waals surface area contributed by atoms with E-state index in [1.807, 2.05) is 14.0 Å². The van der Waals surface area contributed by atoms with E-state index in [2.05, 4.69) is 26.3 Å². The van der Waals surface area contributed by atoms with Crippen molar-refractivity contribution >= 4 is 15.9 Å². The Labute approximate surface area is 118 Å². The predicted molar refractivity (Wildman–Crippen MR) is 72.5 cm³/mol. The summed E-state index contributed by atoms with van der Waals surface area (Å²) >= 11 is 3.46. The molecule has 0 bridgehead atoms. The summed E-state index contributed by atoms with van der Waals surface area (Å²) in [7, 11) is 1.85. The molecule has 0 aliphatic carbocycles. The van der Waals surface area contributed by atoms with Gasteiger partial charge in [0.2, 0.25) is 0 Å². The summed E-state index contributed by atoms with van der Waals surface area (Å²) in [5, 5.41) is 7.39. The Balaban J connectivity index is 2.00. The van der Waals surface area contributed by atoms with Crippen LogP contribution in [0.15, 0.2) is 22.7 Å². The van der Waals surface area contributed by atoms with Gasteiger partial charge in [0.25, 0.3) is 0 Å². The van der Waals surface area contributed by atoms with E-state index < -0.39 is 11.6 Å². The minimum atomic E-state index is -0.564. The quantitative estimate of drug-likeness (QED) is 0.934. The maximum atomic E-state index is 13.4. The summed E-state index contributed by atoms with van der Waals surface area (Å²) in [6.07, 6.45) is 0. The molecule has 1 aromatic heterocycles. The molecule has 102 valence electrons. The SMILES string of the molecule is Cc1nn(C)c(CNCc2ccc(F)cc2F)c1Br. The zero-order valence-electron chi connectivity index (χ0n) is 10.7. The number of hydrogen-bond donors (Lipinski definition) is 1. The molecule has 0 radical (unpaired) electrons. The minimum absolute atomic E-state index is 0.336. The van der Waals surface area contributed by atoms with E-state index in [1.165, 1.54) is 12.1 Å². The van der Waals surface area contributed by atoms with Crippen molar-refractivity contribution in [2.75, 3.05) is 0 Å². The summed E-state index contributed by atoms with van der Waals surface area (Å²) < 4.78 is 28.9. The Kier molecular flexibility index (Phi) is 4.31. The molecule has 0 saturated carbocycles. The molecular weight excluding hydrogens is 316 g/mol. The zero-order valence-corrected chi connectivity index (χ0v) is 12.3. The monoisotopic (exact) mass is 329 g/mol. The molecule has 3 nitrogen and oxygen atoms in total. The lowest BCUT2D eigenvalue weighted by Crippen LogP contribution is -2.16. The molecule has 0 atom stereocenters. The lowest BCUT2D eigenvalue weighted by Gasteiger charge is -2.07. The molecule has 0 aliphatic rings. The molecule has 1 heterocycles. The highest BCUT2D eigenvalue weighted by Gasteiger charge is 2.10. The van der Waals surface area contributed by atoms with Gasteiger partial charge in [-0.1, -0.05) is 6.07 Å². The highest BCUT2D eigenvalue weighted by molar-refractivity contribution is 9.10. The average Bonchev–Trinajstić information content (AvgIpc) is 2.58. The van der Waals surface area contributed by atoms with Crippen LogP contribution in [0.25, 0.3) is 0 Å². The Bertz CT molecular complexity index is 596. The molecule has 1 aromatic carbocycles. The van der Waals surface area contributed by atoms with E-state index in [0.29, 0.717) is 18.7 Å². The van der Waals surface area contributed by atoms with Crippen LogP contribution in [-0.2, 0) is 20.1 Å². The van der Waals surface area contributed by atoms with Crippen molar-refractivity contribution in [3.05, 3.63) is 51.3 Å². The van der Waals surface area contributed by atoms with Gasteiger partial charge in [-0.2, -0.15) is 5.10 Å². The smallest absolute Gasteiger partial charge is 0.130 e. The largest absolute Gasteiger partial charge is 0.307 e. The van der Waals surface area contributed by atoms with Crippen molar-refractivity contribution < 1.29 is 8.78 Å². The second-order valence-electron chi connectivity index (χ2n) is 4.31. The van der Waals surface area contributed by atoms with Crippen LogP contribution >= 0.6 is 15.9 Å². The maximum absolute atomic E-state index is 13.4. The first-order valence-corrected chi connectivity index (χ1v) is 6.61. The number of nitrogens with zero attached hydrogens (tertiary/aromatic N) is 2. The first kappa shape index (κ1) is 14.1. The number of aromatic nitrogens is 2. The first-order chi connectivity index (χ1) is 8.99. The van der Waals surface area contributed by atoms with E-state index >= 15 is 0 Å². The van der Waals surface area contributed by atoms with Crippen molar-refractivity contribution in [3.8, 4) is 0 Å². The molecule has 0 aliphatic heterocycles. The Hall–Kier alpha value is -1.27. The number of rotatable bonds is 4. The summed E-state index contributed by atoms with van der Waals surface area (Å²) in [6, 6.07) is 3.59. The van der Waals surface area contributed by atoms with Crippen molar-refractivity contribution in [2.24, 2.45) is 7.05 Å². The molecule has 1 N–H and O–H groups in total. The van der Waals surface area contributed by atoms with Gasteiger partial charge in [0.15, 0.2) is 0 Å². The number of aryl methyl sites for hydroxylation is 2. The van der Waals surface area contributed by atoms with Crippen LogP contribution in [0.2, 0.25) is 0 Å². The van der Waals surface area contributed by atoms with Gasteiger partial charge in [0.05, 0.1) is 15.9 Å². The third-order valence-electron chi connectivity index (χ3n) is 2.88. The van der Waals surface area contributed by atoms with Crippen LogP contribution in [0.4, 0.5) is 8.78 Å². The highest BCUT2D eigenvalue weighted by Crippen LogP contribution is 2.20. The van der Waals surface area contributed by atoms with E-state index in [0.717, 1.165) is 21.9 Å². The van der Waals surface area contributed by atoms with Gasteiger partial charge < -0.3 is 5.32 Å². The zero-order chi connectivity index (χ0) is 14.0. The van der Waals surface area contributed by atoms with Crippen LogP contribution in [0.5, 0.6) is 0 Å². The van der Waals surface area contributed by atoms with E-state index in [-0.39, 0.29) is 0 Å². The fourth-order valence-electron chi connectivity index (χ4n) is 1.85. The van der Waals surface area contributed by atoms with Crippen molar-refractivity contribution in [3.63, 3.8) is 0 Å². The molecule has 6 heteroatoms. The van der Waals surface area contributed by atoms with Gasteiger partial charge in [-0.15, -0.1) is 0 Å². The normalized spacial score (nSPS) is 11.0. The molecule has 0 spiro atoms. The van der Waals surface area contributed by atoms with Gasteiger partial charge in [-0.3, -0.25) is 4.68 Å². The molecule has 2 aromatic rings. The van der Waals surface area contributed by atoms with Crippen molar-refractivity contribution in [2.45, 2.75) is 20.0 Å². The summed E-state index contributed by atoms with van der Waals surface area (Å²) in [4.78, 5) is 0. The number of benzene rings is 1. The summed E-state index contributed by atoms with van der Waals surface area (Å²) in [6.45, 7) is 2.80. The Morgan fingerprint density at radius 2 is 2.05 bits per heavy atom. The molecule has 0 fully saturated rings. The van der Waals surface area contributed by atoms with Gasteiger partial charge in [-0.25, -0.2) is 8.78 Å². The lowest BCUT2D eigenvalue weighted by atomic mass is 10.2. The Morgan fingerprint density at radius 3 is 2.63 bits per heavy atom. The van der Waals surface area contributed by atoms with E-state index in [9.17, 15) is 8.78 Å². The van der Waals surface area contributed by atoms with Crippen LogP contribution in [0.3, 0.4) is 0 Å². The molecule has 0 saturated heterocycles. The number of hydrogen-bond acceptors (Lipinski definition) is 2. The molecular formula is C13H14BrF2N3. The van der Waals surface area contributed by atoms with Crippen LogP contribution in [-0.4, -0.2) is 9.78 Å². The minimum Gasteiger partial charge on any atom is -0.307 e. The van der Waals surface area contributed by atoms with Gasteiger partial charge >= 0.3 is 0 Å². The third-order valence-corrected chi connectivity index (χ3v) is 3.92. The van der Waals surface area contributed by atoms with Gasteiger partial charge in [0.1, 0.15) is 11.6 Å². The third kappa shape index (κ3) is 3.19. The second-order valence-corrected chi connectivity index (χ2v) is 5.10. The van der Waals surface area contributed by atoms with E-state index in [1.54, 1.807) is 4.68 Å². The Morgan fingerprint density at radius 1 is 1.32 bits per heavy atom. The topological polar surface area (TPSA) is 29.9 Å². The fourth-order valence-corrected chi connectivity index (χ4v) is 2.33.